The van der Waals surface area contributed by atoms with E-state index in [2.05, 4.69) is 72.1 Å². The highest BCUT2D eigenvalue weighted by atomic mass is 14.9. The van der Waals surface area contributed by atoms with Crippen molar-refractivity contribution >= 4 is 5.69 Å². The predicted octanol–water partition coefficient (Wildman–Crippen LogP) is 5.00. The van der Waals surface area contributed by atoms with E-state index in [1.165, 1.54) is 16.8 Å². The first-order chi connectivity index (χ1) is 9.42. The van der Waals surface area contributed by atoms with Gasteiger partial charge in [0, 0.05) is 11.4 Å². The van der Waals surface area contributed by atoms with Gasteiger partial charge >= 0.3 is 0 Å². The maximum atomic E-state index is 3.43. The number of hydrogen-bond donors (Lipinski definition) is 1. The number of rotatable bonds is 3. The van der Waals surface area contributed by atoms with E-state index in [0.717, 1.165) is 18.5 Å². The van der Waals surface area contributed by atoms with E-state index in [1.54, 1.807) is 0 Å². The first-order valence-corrected chi connectivity index (χ1v) is 6.71. The minimum absolute atomic E-state index is 1.13. The van der Waals surface area contributed by atoms with Crippen molar-refractivity contribution in [3.8, 4) is 11.1 Å². The van der Waals surface area contributed by atoms with Crippen molar-refractivity contribution in [3.63, 3.8) is 0 Å². The summed E-state index contributed by atoms with van der Waals surface area (Å²) in [7, 11) is 0. The van der Waals surface area contributed by atoms with E-state index < -0.39 is 0 Å². The van der Waals surface area contributed by atoms with Gasteiger partial charge in [0.25, 0.3) is 0 Å². The molecule has 1 aliphatic rings. The van der Waals surface area contributed by atoms with Gasteiger partial charge in [-0.1, -0.05) is 54.6 Å². The summed E-state index contributed by atoms with van der Waals surface area (Å²) in [5.74, 6) is 0. The van der Waals surface area contributed by atoms with Crippen molar-refractivity contribution in [3.05, 3.63) is 78.5 Å². The summed E-state index contributed by atoms with van der Waals surface area (Å²) in [6.07, 6.45) is 8.87. The van der Waals surface area contributed by atoms with Crippen LogP contribution in [0.4, 0.5) is 5.69 Å². The molecule has 0 aromatic heterocycles. The van der Waals surface area contributed by atoms with Crippen LogP contribution in [0.25, 0.3) is 11.1 Å². The zero-order valence-corrected chi connectivity index (χ0v) is 10.8. The molecule has 0 saturated heterocycles. The molecule has 1 aliphatic carbocycles. The topological polar surface area (TPSA) is 12.0 Å². The van der Waals surface area contributed by atoms with Crippen molar-refractivity contribution in [2.24, 2.45) is 0 Å². The first-order valence-electron chi connectivity index (χ1n) is 6.71. The first kappa shape index (κ1) is 11.8. The lowest BCUT2D eigenvalue weighted by Gasteiger charge is -2.11. The zero-order valence-electron chi connectivity index (χ0n) is 10.8. The highest BCUT2D eigenvalue weighted by Gasteiger charge is 2.00. The van der Waals surface area contributed by atoms with Crippen molar-refractivity contribution in [2.45, 2.75) is 12.8 Å². The SMILES string of the molecule is C1=CC(Nc2ccc(-c3ccccc3)cc2)=CCC1. The third kappa shape index (κ3) is 2.94. The molecule has 0 radical (unpaired) electrons. The largest absolute Gasteiger partial charge is 0.356 e. The lowest BCUT2D eigenvalue weighted by atomic mass is 10.1. The fourth-order valence-corrected chi connectivity index (χ4v) is 2.25. The van der Waals surface area contributed by atoms with Crippen molar-refractivity contribution in [2.75, 3.05) is 5.32 Å². The molecule has 0 aliphatic heterocycles. The smallest absolute Gasteiger partial charge is 0.0384 e. The maximum absolute atomic E-state index is 3.43. The molecule has 0 amide bonds. The van der Waals surface area contributed by atoms with E-state index in [-0.39, 0.29) is 0 Å². The van der Waals surface area contributed by atoms with E-state index >= 15 is 0 Å². The molecule has 0 unspecified atom stereocenters. The van der Waals surface area contributed by atoms with Gasteiger partial charge in [0.05, 0.1) is 0 Å². The Hall–Kier alpha value is -2.28. The van der Waals surface area contributed by atoms with Crippen LogP contribution in [-0.4, -0.2) is 0 Å². The van der Waals surface area contributed by atoms with Gasteiger partial charge in [-0.3, -0.25) is 0 Å². The van der Waals surface area contributed by atoms with Gasteiger partial charge < -0.3 is 5.32 Å². The fraction of sp³-hybridized carbons (Fsp3) is 0.111. The van der Waals surface area contributed by atoms with Gasteiger partial charge in [0.2, 0.25) is 0 Å². The van der Waals surface area contributed by atoms with Crippen LogP contribution in [0.1, 0.15) is 12.8 Å². The Morgan fingerprint density at radius 1 is 0.737 bits per heavy atom. The van der Waals surface area contributed by atoms with Crippen LogP contribution < -0.4 is 5.32 Å². The molecule has 1 nitrogen and oxygen atoms in total. The number of benzene rings is 2. The molecular formula is C18H17N. The number of allylic oxidation sites excluding steroid dienone is 3. The molecule has 0 spiro atoms. The summed E-state index contributed by atoms with van der Waals surface area (Å²) < 4.78 is 0. The summed E-state index contributed by atoms with van der Waals surface area (Å²) in [4.78, 5) is 0. The molecule has 0 bridgehead atoms. The number of nitrogens with one attached hydrogen (secondary N) is 1. The quantitative estimate of drug-likeness (QED) is 0.804. The Bertz CT molecular complexity index is 591. The minimum Gasteiger partial charge on any atom is -0.356 e. The van der Waals surface area contributed by atoms with E-state index in [9.17, 15) is 0 Å². The molecule has 0 saturated carbocycles. The molecule has 0 atom stereocenters. The molecule has 2 aromatic carbocycles. The van der Waals surface area contributed by atoms with Crippen LogP contribution in [-0.2, 0) is 0 Å². The monoisotopic (exact) mass is 247 g/mol. The molecule has 0 fully saturated rings. The minimum atomic E-state index is 1.13. The Labute approximate surface area is 114 Å². The lowest BCUT2D eigenvalue weighted by Crippen LogP contribution is -1.98. The van der Waals surface area contributed by atoms with Gasteiger partial charge in [-0.2, -0.15) is 0 Å². The van der Waals surface area contributed by atoms with Crippen molar-refractivity contribution in [1.82, 2.24) is 0 Å². The van der Waals surface area contributed by atoms with Crippen molar-refractivity contribution < 1.29 is 0 Å². The highest BCUT2D eigenvalue weighted by molar-refractivity contribution is 5.66. The molecular weight excluding hydrogens is 230 g/mol. The van der Waals surface area contributed by atoms with Gasteiger partial charge in [-0.25, -0.2) is 0 Å². The molecule has 2 aromatic rings. The maximum Gasteiger partial charge on any atom is 0.0384 e. The normalized spacial score (nSPS) is 14.0. The second-order valence-electron chi connectivity index (χ2n) is 4.71. The molecule has 3 rings (SSSR count). The third-order valence-electron chi connectivity index (χ3n) is 3.28. The van der Waals surface area contributed by atoms with Gasteiger partial charge in [0.15, 0.2) is 0 Å². The highest BCUT2D eigenvalue weighted by Crippen LogP contribution is 2.22. The van der Waals surface area contributed by atoms with E-state index in [1.807, 2.05) is 6.07 Å². The van der Waals surface area contributed by atoms with Crippen LogP contribution >= 0.6 is 0 Å². The summed E-state index contributed by atoms with van der Waals surface area (Å²) in [6, 6.07) is 19.0. The lowest BCUT2D eigenvalue weighted by molar-refractivity contribution is 1.02. The average Bonchev–Trinajstić information content (AvgIpc) is 2.50. The number of hydrogen-bond acceptors (Lipinski definition) is 1. The Balaban J connectivity index is 1.76. The molecule has 1 heteroatoms. The molecule has 0 heterocycles. The van der Waals surface area contributed by atoms with Gasteiger partial charge in [-0.15, -0.1) is 0 Å². The number of anilines is 1. The Morgan fingerprint density at radius 2 is 1.47 bits per heavy atom. The summed E-state index contributed by atoms with van der Waals surface area (Å²) in [6.45, 7) is 0. The standard InChI is InChI=1S/C18H17N/c1-3-7-15(8-4-1)16-11-13-18(14-12-16)19-17-9-5-2-6-10-17/h1,3-5,7-14,19H,2,6H2. The van der Waals surface area contributed by atoms with E-state index in [0.29, 0.717) is 0 Å². The van der Waals surface area contributed by atoms with Crippen LogP contribution in [0.15, 0.2) is 78.5 Å². The Morgan fingerprint density at radius 3 is 2.16 bits per heavy atom. The average molecular weight is 247 g/mol. The van der Waals surface area contributed by atoms with Crippen LogP contribution in [0, 0.1) is 0 Å². The van der Waals surface area contributed by atoms with Crippen molar-refractivity contribution in [1.29, 1.82) is 0 Å². The van der Waals surface area contributed by atoms with E-state index in [4.69, 9.17) is 0 Å². The zero-order chi connectivity index (χ0) is 12.9. The summed E-state index contributed by atoms with van der Waals surface area (Å²) in [5.41, 5.74) is 4.83. The van der Waals surface area contributed by atoms with Crippen LogP contribution in [0.3, 0.4) is 0 Å². The predicted molar refractivity (Wildman–Crippen MR) is 82.0 cm³/mol. The van der Waals surface area contributed by atoms with Crippen LogP contribution in [0.5, 0.6) is 0 Å². The molecule has 94 valence electrons. The summed E-state index contributed by atoms with van der Waals surface area (Å²) in [5, 5.41) is 3.43. The van der Waals surface area contributed by atoms with Gasteiger partial charge in [-0.05, 0) is 42.2 Å². The van der Waals surface area contributed by atoms with Gasteiger partial charge in [0.1, 0.15) is 0 Å². The second kappa shape index (κ2) is 5.57. The van der Waals surface area contributed by atoms with Crippen LogP contribution in [0.2, 0.25) is 0 Å². The second-order valence-corrected chi connectivity index (χ2v) is 4.71. The fourth-order valence-electron chi connectivity index (χ4n) is 2.25. The molecule has 1 N–H and O–H groups in total. The summed E-state index contributed by atoms with van der Waals surface area (Å²) >= 11 is 0. The third-order valence-corrected chi connectivity index (χ3v) is 3.28. The Kier molecular flexibility index (Phi) is 3.46. The molecule has 19 heavy (non-hydrogen) atoms.